The van der Waals surface area contributed by atoms with Crippen LogP contribution in [0.3, 0.4) is 0 Å². The van der Waals surface area contributed by atoms with E-state index in [1.54, 1.807) is 32.5 Å². The molecule has 15 heavy (non-hydrogen) atoms. The fourth-order valence-corrected chi connectivity index (χ4v) is 1.61. The number of fused-ring (bicyclic) bond motifs is 1. The van der Waals surface area contributed by atoms with Gasteiger partial charge in [0.05, 0.1) is 31.4 Å². The molecule has 0 spiro atoms. The van der Waals surface area contributed by atoms with E-state index < -0.39 is 0 Å². The van der Waals surface area contributed by atoms with Crippen LogP contribution in [0.1, 0.15) is 0 Å². The Bertz CT molecular complexity index is 502. The first-order valence-electron chi connectivity index (χ1n) is 4.29. The summed E-state index contributed by atoms with van der Waals surface area (Å²) in [6, 6.07) is 3.60. The highest BCUT2D eigenvalue weighted by Gasteiger charge is 2.07. The van der Waals surface area contributed by atoms with Crippen molar-refractivity contribution in [3.05, 3.63) is 22.9 Å². The molecule has 0 aliphatic rings. The molecule has 0 aliphatic carbocycles. The third-order valence-electron chi connectivity index (χ3n) is 2.02. The van der Waals surface area contributed by atoms with E-state index in [2.05, 4.69) is 25.9 Å². The highest BCUT2D eigenvalue weighted by atomic mass is 79.9. The molecule has 0 amide bonds. The van der Waals surface area contributed by atoms with Gasteiger partial charge in [0.2, 0.25) is 0 Å². The maximum atomic E-state index is 5.18. The number of aromatic nitrogens is 2. The highest BCUT2D eigenvalue weighted by Crippen LogP contribution is 2.30. The van der Waals surface area contributed by atoms with Crippen LogP contribution in [0, 0.1) is 0 Å². The van der Waals surface area contributed by atoms with Gasteiger partial charge in [-0.05, 0) is 15.9 Å². The molecular formula is C10H9BrN2O2. The van der Waals surface area contributed by atoms with E-state index in [4.69, 9.17) is 9.47 Å². The van der Waals surface area contributed by atoms with Crippen LogP contribution in [0.5, 0.6) is 11.5 Å². The molecule has 0 N–H and O–H groups in total. The summed E-state index contributed by atoms with van der Waals surface area (Å²) in [6.45, 7) is 0. The molecule has 2 rings (SSSR count). The Labute approximate surface area is 95.4 Å². The molecule has 0 saturated heterocycles. The molecule has 0 saturated carbocycles. The first kappa shape index (κ1) is 10.2. The molecule has 0 unspecified atom stereocenters. The van der Waals surface area contributed by atoms with E-state index in [1.165, 1.54) is 0 Å². The SMILES string of the molecule is COc1cc2ncc(Br)nc2cc1OC. The standard InChI is InChI=1S/C10H9BrN2O2/c1-14-8-3-6-7(4-9(8)15-2)13-10(11)5-12-6/h3-5H,1-2H3. The van der Waals surface area contributed by atoms with Gasteiger partial charge in [-0.15, -0.1) is 0 Å². The van der Waals surface area contributed by atoms with Crippen molar-refractivity contribution in [1.29, 1.82) is 0 Å². The van der Waals surface area contributed by atoms with E-state index in [0.29, 0.717) is 16.1 Å². The van der Waals surface area contributed by atoms with E-state index in [0.717, 1.165) is 11.0 Å². The Morgan fingerprint density at radius 3 is 2.27 bits per heavy atom. The van der Waals surface area contributed by atoms with Crippen LogP contribution in [-0.4, -0.2) is 24.2 Å². The first-order valence-corrected chi connectivity index (χ1v) is 5.08. The minimum Gasteiger partial charge on any atom is -0.493 e. The largest absolute Gasteiger partial charge is 0.493 e. The average Bonchev–Trinajstić information content (AvgIpc) is 2.27. The smallest absolute Gasteiger partial charge is 0.163 e. The number of hydrogen-bond donors (Lipinski definition) is 0. The quantitative estimate of drug-likeness (QED) is 0.839. The van der Waals surface area contributed by atoms with Crippen molar-refractivity contribution >= 4 is 27.0 Å². The molecule has 0 radical (unpaired) electrons. The zero-order valence-corrected chi connectivity index (χ0v) is 9.91. The van der Waals surface area contributed by atoms with Crippen molar-refractivity contribution in [2.45, 2.75) is 0 Å². The summed E-state index contributed by atoms with van der Waals surface area (Å²) in [5, 5.41) is 0. The van der Waals surface area contributed by atoms with Crippen LogP contribution >= 0.6 is 15.9 Å². The molecular weight excluding hydrogens is 260 g/mol. The van der Waals surface area contributed by atoms with Crippen LogP contribution in [0.25, 0.3) is 11.0 Å². The summed E-state index contributed by atoms with van der Waals surface area (Å²) in [5.41, 5.74) is 1.54. The second-order valence-corrected chi connectivity index (χ2v) is 3.70. The average molecular weight is 269 g/mol. The van der Waals surface area contributed by atoms with E-state index in [-0.39, 0.29) is 0 Å². The second-order valence-electron chi connectivity index (χ2n) is 2.89. The minimum absolute atomic E-state index is 0.650. The van der Waals surface area contributed by atoms with Crippen molar-refractivity contribution in [2.24, 2.45) is 0 Å². The Kier molecular flexibility index (Phi) is 2.73. The summed E-state index contributed by atoms with van der Waals surface area (Å²) < 4.78 is 11.0. The number of methoxy groups -OCH3 is 2. The number of ether oxygens (including phenoxy) is 2. The molecule has 78 valence electrons. The van der Waals surface area contributed by atoms with Crippen LogP contribution in [-0.2, 0) is 0 Å². The summed E-state index contributed by atoms with van der Waals surface area (Å²) in [4.78, 5) is 8.50. The van der Waals surface area contributed by atoms with Gasteiger partial charge in [0.25, 0.3) is 0 Å². The van der Waals surface area contributed by atoms with Gasteiger partial charge in [-0.1, -0.05) is 0 Å². The molecule has 0 aliphatic heterocycles. The van der Waals surface area contributed by atoms with Crippen LogP contribution in [0.15, 0.2) is 22.9 Å². The van der Waals surface area contributed by atoms with Gasteiger partial charge < -0.3 is 9.47 Å². The lowest BCUT2D eigenvalue weighted by Crippen LogP contribution is -1.92. The lowest BCUT2D eigenvalue weighted by molar-refractivity contribution is 0.355. The first-order chi connectivity index (χ1) is 7.24. The van der Waals surface area contributed by atoms with Gasteiger partial charge in [0, 0.05) is 12.1 Å². The molecule has 2 aromatic rings. The van der Waals surface area contributed by atoms with Crippen molar-refractivity contribution in [3.8, 4) is 11.5 Å². The molecule has 5 heteroatoms. The third-order valence-corrected chi connectivity index (χ3v) is 2.40. The normalized spacial score (nSPS) is 10.3. The van der Waals surface area contributed by atoms with Gasteiger partial charge in [-0.3, -0.25) is 4.98 Å². The highest BCUT2D eigenvalue weighted by molar-refractivity contribution is 9.10. The Morgan fingerprint density at radius 1 is 1.07 bits per heavy atom. The Morgan fingerprint density at radius 2 is 1.67 bits per heavy atom. The van der Waals surface area contributed by atoms with Gasteiger partial charge in [-0.2, -0.15) is 0 Å². The predicted octanol–water partition coefficient (Wildman–Crippen LogP) is 2.41. The van der Waals surface area contributed by atoms with E-state index in [1.807, 2.05) is 0 Å². The molecule has 0 bridgehead atoms. The minimum atomic E-state index is 0.650. The maximum absolute atomic E-state index is 5.18. The molecule has 1 aromatic carbocycles. The number of rotatable bonds is 2. The zero-order chi connectivity index (χ0) is 10.8. The van der Waals surface area contributed by atoms with Crippen LogP contribution in [0.2, 0.25) is 0 Å². The fourth-order valence-electron chi connectivity index (χ4n) is 1.32. The van der Waals surface area contributed by atoms with Crippen molar-refractivity contribution < 1.29 is 9.47 Å². The number of nitrogens with zero attached hydrogens (tertiary/aromatic N) is 2. The van der Waals surface area contributed by atoms with Gasteiger partial charge in [0.1, 0.15) is 4.60 Å². The van der Waals surface area contributed by atoms with E-state index in [9.17, 15) is 0 Å². The van der Waals surface area contributed by atoms with Gasteiger partial charge in [0.15, 0.2) is 11.5 Å². The second kappa shape index (κ2) is 4.02. The van der Waals surface area contributed by atoms with Gasteiger partial charge in [-0.25, -0.2) is 4.98 Å². The molecule has 0 fully saturated rings. The van der Waals surface area contributed by atoms with Gasteiger partial charge >= 0.3 is 0 Å². The lowest BCUT2D eigenvalue weighted by Gasteiger charge is -2.07. The molecule has 0 atom stereocenters. The van der Waals surface area contributed by atoms with Crippen molar-refractivity contribution in [3.63, 3.8) is 0 Å². The maximum Gasteiger partial charge on any atom is 0.163 e. The number of hydrogen-bond acceptors (Lipinski definition) is 4. The fraction of sp³-hybridized carbons (Fsp3) is 0.200. The van der Waals surface area contributed by atoms with Crippen molar-refractivity contribution in [2.75, 3.05) is 14.2 Å². The molecule has 4 nitrogen and oxygen atoms in total. The van der Waals surface area contributed by atoms with Crippen molar-refractivity contribution in [1.82, 2.24) is 9.97 Å². The summed E-state index contributed by atoms with van der Waals surface area (Å²) in [7, 11) is 3.19. The number of benzene rings is 1. The van der Waals surface area contributed by atoms with Crippen LogP contribution < -0.4 is 9.47 Å². The zero-order valence-electron chi connectivity index (χ0n) is 8.32. The lowest BCUT2D eigenvalue weighted by atomic mass is 10.2. The number of halogens is 1. The predicted molar refractivity (Wildman–Crippen MR) is 60.3 cm³/mol. The Hall–Kier alpha value is -1.36. The Balaban J connectivity index is 2.69. The monoisotopic (exact) mass is 268 g/mol. The third kappa shape index (κ3) is 1.87. The van der Waals surface area contributed by atoms with Crippen LogP contribution in [0.4, 0.5) is 0 Å². The summed E-state index contributed by atoms with van der Waals surface area (Å²) in [6.07, 6.45) is 1.65. The topological polar surface area (TPSA) is 44.2 Å². The van der Waals surface area contributed by atoms with E-state index >= 15 is 0 Å². The molecule has 1 aromatic heterocycles. The molecule has 1 heterocycles. The summed E-state index contributed by atoms with van der Waals surface area (Å²) >= 11 is 3.27. The summed E-state index contributed by atoms with van der Waals surface area (Å²) in [5.74, 6) is 1.30.